The molecule has 2 N–H and O–H groups in total. The van der Waals surface area contributed by atoms with Gasteiger partial charge in [0, 0.05) is 15.2 Å². The van der Waals surface area contributed by atoms with Crippen molar-refractivity contribution in [3.05, 3.63) is 27.6 Å². The number of nitrogens with two attached hydrogens (primary N) is 1. The fourth-order valence-corrected chi connectivity index (χ4v) is 2.60. The van der Waals surface area contributed by atoms with E-state index in [9.17, 15) is 0 Å². The van der Waals surface area contributed by atoms with E-state index in [0.29, 0.717) is 22.9 Å². The van der Waals surface area contributed by atoms with E-state index >= 15 is 0 Å². The molecule has 0 radical (unpaired) electrons. The highest BCUT2D eigenvalue weighted by molar-refractivity contribution is 14.1. The quantitative estimate of drug-likeness (QED) is 0.662. The van der Waals surface area contributed by atoms with E-state index in [-0.39, 0.29) is 0 Å². The van der Waals surface area contributed by atoms with E-state index in [1.807, 2.05) is 18.2 Å². The maximum atomic E-state index is 5.94. The van der Waals surface area contributed by atoms with E-state index in [4.69, 9.17) is 10.3 Å². The molecule has 4 nitrogen and oxygen atoms in total. The number of hydrogen-bond acceptors (Lipinski definition) is 4. The van der Waals surface area contributed by atoms with Gasteiger partial charge in [-0.3, -0.25) is 0 Å². The maximum Gasteiger partial charge on any atom is 0.260 e. The van der Waals surface area contributed by atoms with E-state index in [2.05, 4.69) is 46.6 Å². The number of aromatic nitrogens is 2. The maximum absolute atomic E-state index is 5.94. The van der Waals surface area contributed by atoms with Crippen molar-refractivity contribution in [2.75, 3.05) is 5.73 Å². The fourth-order valence-electron chi connectivity index (χ4n) is 2.11. The zero-order chi connectivity index (χ0) is 12.9. The highest BCUT2D eigenvalue weighted by atomic mass is 127. The summed E-state index contributed by atoms with van der Waals surface area (Å²) >= 11 is 2.24. The molecule has 0 bridgehead atoms. The minimum absolute atomic E-state index is 0.303. The molecular formula is C13H14IN3O. The second-order valence-electron chi connectivity index (χ2n) is 5.43. The Morgan fingerprint density at radius 3 is 2.83 bits per heavy atom. The molecule has 1 aromatic carbocycles. The molecule has 0 saturated heterocycles. The molecule has 1 atom stereocenters. The molecule has 1 heterocycles. The van der Waals surface area contributed by atoms with Gasteiger partial charge < -0.3 is 10.3 Å². The van der Waals surface area contributed by atoms with Gasteiger partial charge >= 0.3 is 0 Å². The predicted octanol–water partition coefficient (Wildman–Crippen LogP) is 3.44. The highest BCUT2D eigenvalue weighted by Gasteiger charge is 2.49. The van der Waals surface area contributed by atoms with Crippen LogP contribution in [0, 0.1) is 8.99 Å². The first kappa shape index (κ1) is 12.0. The van der Waals surface area contributed by atoms with Gasteiger partial charge in [-0.2, -0.15) is 4.98 Å². The molecule has 18 heavy (non-hydrogen) atoms. The van der Waals surface area contributed by atoms with Crippen molar-refractivity contribution in [2.24, 2.45) is 5.41 Å². The van der Waals surface area contributed by atoms with Gasteiger partial charge in [0.15, 0.2) is 5.82 Å². The van der Waals surface area contributed by atoms with Gasteiger partial charge in [0.1, 0.15) is 0 Å². The van der Waals surface area contributed by atoms with Gasteiger partial charge in [-0.05, 0) is 52.6 Å². The summed E-state index contributed by atoms with van der Waals surface area (Å²) in [7, 11) is 0. The lowest BCUT2D eigenvalue weighted by atomic mass is 10.1. The molecule has 3 rings (SSSR count). The van der Waals surface area contributed by atoms with Crippen LogP contribution in [0.25, 0.3) is 11.5 Å². The van der Waals surface area contributed by atoms with Gasteiger partial charge in [0.2, 0.25) is 0 Å². The van der Waals surface area contributed by atoms with Crippen LogP contribution in [0.15, 0.2) is 22.7 Å². The Labute approximate surface area is 119 Å². The van der Waals surface area contributed by atoms with Crippen molar-refractivity contribution < 1.29 is 4.52 Å². The second kappa shape index (κ2) is 3.94. The van der Waals surface area contributed by atoms with Gasteiger partial charge in [-0.1, -0.05) is 19.0 Å². The van der Waals surface area contributed by atoms with Gasteiger partial charge in [0.05, 0.1) is 5.56 Å². The molecular weight excluding hydrogens is 341 g/mol. The normalized spacial score (nSPS) is 20.9. The Balaban J connectivity index is 1.96. The third kappa shape index (κ3) is 2.00. The Kier molecular flexibility index (Phi) is 2.62. The number of benzene rings is 1. The van der Waals surface area contributed by atoms with Crippen molar-refractivity contribution in [3.8, 4) is 11.5 Å². The highest BCUT2D eigenvalue weighted by Crippen LogP contribution is 2.57. The van der Waals surface area contributed by atoms with Crippen LogP contribution in [0.3, 0.4) is 0 Å². The number of halogens is 1. The number of rotatable bonds is 2. The lowest BCUT2D eigenvalue weighted by molar-refractivity contribution is 0.419. The zero-order valence-electron chi connectivity index (χ0n) is 10.3. The average Bonchev–Trinajstić information content (AvgIpc) is 2.77. The van der Waals surface area contributed by atoms with Crippen molar-refractivity contribution in [1.82, 2.24) is 10.1 Å². The molecule has 1 fully saturated rings. The summed E-state index contributed by atoms with van der Waals surface area (Å²) in [6, 6.07) is 5.79. The number of nitrogen functional groups attached to an aromatic ring is 1. The molecule has 0 amide bonds. The molecule has 1 saturated carbocycles. The van der Waals surface area contributed by atoms with Crippen molar-refractivity contribution in [1.29, 1.82) is 0 Å². The van der Waals surface area contributed by atoms with Crippen LogP contribution in [0.5, 0.6) is 0 Å². The SMILES string of the molecule is CC1(C)CC1c1noc(-c2cc(I)ccc2N)n1. The van der Waals surface area contributed by atoms with Gasteiger partial charge in [-0.25, -0.2) is 0 Å². The third-order valence-electron chi connectivity index (χ3n) is 3.51. The number of nitrogens with zero attached hydrogens (tertiary/aromatic N) is 2. The minimum Gasteiger partial charge on any atom is -0.398 e. The zero-order valence-corrected chi connectivity index (χ0v) is 12.4. The Hall–Kier alpha value is -1.11. The summed E-state index contributed by atoms with van der Waals surface area (Å²) in [4.78, 5) is 4.48. The lowest BCUT2D eigenvalue weighted by Gasteiger charge is -2.00. The molecule has 1 unspecified atom stereocenters. The molecule has 0 spiro atoms. The van der Waals surface area contributed by atoms with E-state index in [1.54, 1.807) is 0 Å². The van der Waals surface area contributed by atoms with Crippen molar-refractivity contribution in [2.45, 2.75) is 26.2 Å². The van der Waals surface area contributed by atoms with Crippen LogP contribution in [-0.2, 0) is 0 Å². The molecule has 1 aromatic heterocycles. The Morgan fingerprint density at radius 2 is 2.17 bits per heavy atom. The first-order valence-electron chi connectivity index (χ1n) is 5.86. The summed E-state index contributed by atoms with van der Waals surface area (Å²) in [5.41, 5.74) is 7.73. The Morgan fingerprint density at radius 1 is 1.44 bits per heavy atom. The van der Waals surface area contributed by atoms with Gasteiger partial charge in [-0.15, -0.1) is 0 Å². The summed E-state index contributed by atoms with van der Waals surface area (Å²) in [5.74, 6) is 1.73. The Bertz CT molecular complexity index is 606. The van der Waals surface area contributed by atoms with Gasteiger partial charge in [0.25, 0.3) is 5.89 Å². The number of anilines is 1. The monoisotopic (exact) mass is 355 g/mol. The summed E-state index contributed by atoms with van der Waals surface area (Å²) in [5, 5.41) is 4.08. The molecule has 0 aliphatic heterocycles. The minimum atomic E-state index is 0.303. The van der Waals surface area contributed by atoms with Crippen LogP contribution < -0.4 is 5.73 Å². The molecule has 1 aliphatic carbocycles. The first-order valence-corrected chi connectivity index (χ1v) is 6.94. The second-order valence-corrected chi connectivity index (χ2v) is 6.68. The molecule has 2 aromatic rings. The lowest BCUT2D eigenvalue weighted by Crippen LogP contribution is -1.93. The predicted molar refractivity (Wildman–Crippen MR) is 78.0 cm³/mol. The largest absolute Gasteiger partial charge is 0.398 e. The van der Waals surface area contributed by atoms with E-state index in [1.165, 1.54) is 0 Å². The van der Waals surface area contributed by atoms with Crippen molar-refractivity contribution in [3.63, 3.8) is 0 Å². The summed E-state index contributed by atoms with van der Waals surface area (Å²) < 4.78 is 6.44. The summed E-state index contributed by atoms with van der Waals surface area (Å²) in [6.45, 7) is 4.43. The third-order valence-corrected chi connectivity index (χ3v) is 4.18. The standard InChI is InChI=1S/C13H14IN3O/c1-13(2)6-9(13)11-16-12(18-17-11)8-5-7(14)3-4-10(8)15/h3-5,9H,6,15H2,1-2H3. The topological polar surface area (TPSA) is 64.9 Å². The van der Waals surface area contributed by atoms with E-state index in [0.717, 1.165) is 21.4 Å². The number of hydrogen-bond donors (Lipinski definition) is 1. The fraction of sp³-hybridized carbons (Fsp3) is 0.385. The van der Waals surface area contributed by atoms with E-state index < -0.39 is 0 Å². The van der Waals surface area contributed by atoms with Crippen LogP contribution in [0.2, 0.25) is 0 Å². The molecule has 1 aliphatic rings. The summed E-state index contributed by atoms with van der Waals surface area (Å²) in [6.07, 6.45) is 1.12. The first-order chi connectivity index (χ1) is 8.47. The van der Waals surface area contributed by atoms with Crippen LogP contribution in [0.1, 0.15) is 32.0 Å². The van der Waals surface area contributed by atoms with Crippen molar-refractivity contribution >= 4 is 28.3 Å². The van der Waals surface area contributed by atoms with Crippen LogP contribution in [-0.4, -0.2) is 10.1 Å². The molecule has 94 valence electrons. The molecule has 5 heteroatoms. The average molecular weight is 355 g/mol. The van der Waals surface area contributed by atoms with Crippen LogP contribution >= 0.6 is 22.6 Å². The van der Waals surface area contributed by atoms with Crippen LogP contribution in [0.4, 0.5) is 5.69 Å². The smallest absolute Gasteiger partial charge is 0.260 e.